The summed E-state index contributed by atoms with van der Waals surface area (Å²) in [4.78, 5) is 25.3. The number of carbonyl (C=O) groups excluding carboxylic acids is 1. The minimum Gasteiger partial charge on any atom is -0.442 e. The number of hydrogen-bond acceptors (Lipinski definition) is 6. The Bertz CT molecular complexity index is 868. The maximum absolute atomic E-state index is 12.0. The lowest BCUT2D eigenvalue weighted by molar-refractivity contribution is -0.115. The first-order valence-corrected chi connectivity index (χ1v) is 8.70. The highest BCUT2D eigenvalue weighted by atomic mass is 32.1. The number of carbonyl (C=O) groups is 1. The van der Waals surface area contributed by atoms with Crippen LogP contribution in [0.1, 0.15) is 41.9 Å². The van der Waals surface area contributed by atoms with E-state index in [0.29, 0.717) is 16.9 Å². The number of anilines is 1. The van der Waals surface area contributed by atoms with Crippen LogP contribution in [0.3, 0.4) is 0 Å². The average Bonchev–Trinajstić information content (AvgIpc) is 3.23. The third kappa shape index (κ3) is 4.84. The van der Waals surface area contributed by atoms with Gasteiger partial charge >= 0.3 is 0 Å². The van der Waals surface area contributed by atoms with Gasteiger partial charge in [-0.1, -0.05) is 31.3 Å². The van der Waals surface area contributed by atoms with Gasteiger partial charge in [0.1, 0.15) is 5.76 Å². The molecule has 0 aliphatic heterocycles. The van der Waals surface area contributed by atoms with Crippen molar-refractivity contribution in [2.45, 2.75) is 26.2 Å². The van der Waals surface area contributed by atoms with Crippen LogP contribution in [0.4, 0.5) is 5.13 Å². The Kier molecular flexibility index (Phi) is 5.35. The predicted molar refractivity (Wildman–Crippen MR) is 98.2 cm³/mol. The first-order chi connectivity index (χ1) is 12.1. The summed E-state index contributed by atoms with van der Waals surface area (Å²) >= 11 is 1.39. The van der Waals surface area contributed by atoms with Crippen LogP contribution < -0.4 is 5.32 Å². The van der Waals surface area contributed by atoms with Crippen molar-refractivity contribution in [3.63, 3.8) is 0 Å². The smallest absolute Gasteiger partial charge is 0.230 e. The summed E-state index contributed by atoms with van der Waals surface area (Å²) in [5.74, 6) is 1.60. The van der Waals surface area contributed by atoms with E-state index in [2.05, 4.69) is 34.1 Å². The highest BCUT2D eigenvalue weighted by Crippen LogP contribution is 2.21. The van der Waals surface area contributed by atoms with Crippen molar-refractivity contribution >= 4 is 34.5 Å². The molecule has 0 spiro atoms. The van der Waals surface area contributed by atoms with Gasteiger partial charge in [0.25, 0.3) is 0 Å². The molecule has 6 nitrogen and oxygen atoms in total. The van der Waals surface area contributed by atoms with Crippen LogP contribution in [0.15, 0.2) is 41.3 Å². The number of amides is 1. The zero-order valence-corrected chi connectivity index (χ0v) is 14.8. The summed E-state index contributed by atoms with van der Waals surface area (Å²) in [7, 11) is 0. The molecular formula is C18H18N4O2S. The highest BCUT2D eigenvalue weighted by molar-refractivity contribution is 7.16. The molecule has 0 bridgehead atoms. The van der Waals surface area contributed by atoms with Crippen molar-refractivity contribution in [1.82, 2.24) is 15.0 Å². The molecule has 0 atom stereocenters. The second-order valence-electron chi connectivity index (χ2n) is 5.74. The molecule has 1 N–H and O–H groups in total. The highest BCUT2D eigenvalue weighted by Gasteiger charge is 2.08. The van der Waals surface area contributed by atoms with Crippen LogP contribution in [0, 0.1) is 0 Å². The number of aromatic nitrogens is 3. The Labute approximate surface area is 149 Å². The molecule has 0 unspecified atom stereocenters. The van der Waals surface area contributed by atoms with E-state index in [1.807, 2.05) is 18.2 Å². The molecule has 25 heavy (non-hydrogen) atoms. The van der Waals surface area contributed by atoms with Crippen molar-refractivity contribution in [3.8, 4) is 0 Å². The SMILES string of the molecule is CC(C)c1cnc(C=Cc2cnc(NC(=O)Cc3cccnc3)s2)o1. The minimum absolute atomic E-state index is 0.118. The summed E-state index contributed by atoms with van der Waals surface area (Å²) in [5, 5.41) is 3.35. The van der Waals surface area contributed by atoms with Crippen LogP contribution in [0.5, 0.6) is 0 Å². The van der Waals surface area contributed by atoms with Gasteiger partial charge in [0.05, 0.1) is 12.6 Å². The fraction of sp³-hybridized carbons (Fsp3) is 0.222. The molecule has 7 heteroatoms. The largest absolute Gasteiger partial charge is 0.442 e. The van der Waals surface area contributed by atoms with Gasteiger partial charge in [-0.3, -0.25) is 9.78 Å². The molecule has 0 saturated heterocycles. The van der Waals surface area contributed by atoms with Gasteiger partial charge in [-0.15, -0.1) is 0 Å². The number of nitrogens with zero attached hydrogens (tertiary/aromatic N) is 3. The fourth-order valence-corrected chi connectivity index (χ4v) is 2.81. The van der Waals surface area contributed by atoms with Gasteiger partial charge in [0.15, 0.2) is 5.13 Å². The molecule has 0 saturated carbocycles. The molecular weight excluding hydrogens is 336 g/mol. The first-order valence-electron chi connectivity index (χ1n) is 7.88. The fourth-order valence-electron chi connectivity index (χ4n) is 2.07. The average molecular weight is 354 g/mol. The topological polar surface area (TPSA) is 80.9 Å². The number of pyridine rings is 1. The lowest BCUT2D eigenvalue weighted by atomic mass is 10.2. The molecule has 1 amide bonds. The van der Waals surface area contributed by atoms with E-state index in [-0.39, 0.29) is 12.3 Å². The van der Waals surface area contributed by atoms with Crippen LogP contribution >= 0.6 is 11.3 Å². The number of thiazole rings is 1. The van der Waals surface area contributed by atoms with E-state index in [9.17, 15) is 4.79 Å². The molecule has 0 aromatic carbocycles. The maximum Gasteiger partial charge on any atom is 0.230 e. The van der Waals surface area contributed by atoms with Crippen molar-refractivity contribution in [2.75, 3.05) is 5.32 Å². The molecule has 128 valence electrons. The summed E-state index contributed by atoms with van der Waals surface area (Å²) in [6.07, 6.45) is 10.7. The molecule has 0 aliphatic rings. The lowest BCUT2D eigenvalue weighted by Gasteiger charge is -2.00. The predicted octanol–water partition coefficient (Wildman–Crippen LogP) is 4.00. The molecule has 3 aromatic rings. The lowest BCUT2D eigenvalue weighted by Crippen LogP contribution is -2.14. The van der Waals surface area contributed by atoms with Crippen LogP contribution in [0.2, 0.25) is 0 Å². The van der Waals surface area contributed by atoms with E-state index < -0.39 is 0 Å². The Morgan fingerprint density at radius 2 is 2.16 bits per heavy atom. The Morgan fingerprint density at radius 3 is 2.88 bits per heavy atom. The molecule has 3 aromatic heterocycles. The van der Waals surface area contributed by atoms with Crippen molar-refractivity contribution < 1.29 is 9.21 Å². The summed E-state index contributed by atoms with van der Waals surface area (Å²) in [6, 6.07) is 3.67. The normalized spacial score (nSPS) is 11.3. The first kappa shape index (κ1) is 17.0. The number of nitrogens with one attached hydrogen (secondary N) is 1. The third-order valence-corrected chi connectivity index (χ3v) is 4.24. The quantitative estimate of drug-likeness (QED) is 0.723. The minimum atomic E-state index is -0.118. The van der Waals surface area contributed by atoms with Crippen molar-refractivity contribution in [3.05, 3.63) is 59.0 Å². The second kappa shape index (κ2) is 7.85. The molecule has 0 aliphatic carbocycles. The number of rotatable bonds is 6. The van der Waals surface area contributed by atoms with Gasteiger partial charge in [-0.2, -0.15) is 0 Å². The van der Waals surface area contributed by atoms with Gasteiger partial charge in [0.2, 0.25) is 11.8 Å². The second-order valence-corrected chi connectivity index (χ2v) is 6.81. The Morgan fingerprint density at radius 1 is 1.28 bits per heavy atom. The maximum atomic E-state index is 12.0. The molecule has 3 heterocycles. The Hall–Kier alpha value is -2.80. The Balaban J connectivity index is 1.58. The summed E-state index contributed by atoms with van der Waals surface area (Å²) in [6.45, 7) is 4.11. The van der Waals surface area contributed by atoms with E-state index >= 15 is 0 Å². The van der Waals surface area contributed by atoms with Gasteiger partial charge in [-0.25, -0.2) is 9.97 Å². The van der Waals surface area contributed by atoms with Crippen LogP contribution in [-0.2, 0) is 11.2 Å². The molecule has 0 fully saturated rings. The van der Waals surface area contributed by atoms with E-state index in [0.717, 1.165) is 16.2 Å². The van der Waals surface area contributed by atoms with Gasteiger partial charge < -0.3 is 9.73 Å². The standard InChI is InChI=1S/C18H18N4O2S/c1-12(2)15-11-20-17(24-15)6-5-14-10-21-18(25-14)22-16(23)8-13-4-3-7-19-9-13/h3-7,9-12H,8H2,1-2H3,(H,21,22,23). The summed E-state index contributed by atoms with van der Waals surface area (Å²) in [5.41, 5.74) is 0.863. The number of hydrogen-bond donors (Lipinski definition) is 1. The summed E-state index contributed by atoms with van der Waals surface area (Å²) < 4.78 is 5.62. The van der Waals surface area contributed by atoms with E-state index in [4.69, 9.17) is 4.42 Å². The third-order valence-electron chi connectivity index (χ3n) is 3.36. The molecule has 0 radical (unpaired) electrons. The van der Waals surface area contributed by atoms with Crippen LogP contribution in [-0.4, -0.2) is 20.9 Å². The van der Waals surface area contributed by atoms with Crippen LogP contribution in [0.25, 0.3) is 12.2 Å². The molecule has 3 rings (SSSR count). The zero-order chi connectivity index (χ0) is 17.6. The van der Waals surface area contributed by atoms with Crippen molar-refractivity contribution in [1.29, 1.82) is 0 Å². The van der Waals surface area contributed by atoms with E-state index in [1.54, 1.807) is 30.9 Å². The van der Waals surface area contributed by atoms with Crippen molar-refractivity contribution in [2.24, 2.45) is 0 Å². The van der Waals surface area contributed by atoms with E-state index in [1.165, 1.54) is 11.3 Å². The monoisotopic (exact) mass is 354 g/mol. The number of oxazole rings is 1. The van der Waals surface area contributed by atoms with Gasteiger partial charge in [0, 0.05) is 35.5 Å². The zero-order valence-electron chi connectivity index (χ0n) is 14.0. The van der Waals surface area contributed by atoms with Gasteiger partial charge in [-0.05, 0) is 17.7 Å².